The highest BCUT2D eigenvalue weighted by atomic mass is 16.6. The van der Waals surface area contributed by atoms with E-state index in [1.807, 2.05) is 32.6 Å². The maximum atomic E-state index is 13.5. The van der Waals surface area contributed by atoms with E-state index in [9.17, 15) is 19.2 Å². The van der Waals surface area contributed by atoms with Crippen LogP contribution in [-0.2, 0) is 26.3 Å². The molecule has 0 bridgehead atoms. The van der Waals surface area contributed by atoms with Crippen LogP contribution in [0.3, 0.4) is 0 Å². The molecule has 9 heteroatoms. The van der Waals surface area contributed by atoms with E-state index in [0.29, 0.717) is 24.1 Å². The van der Waals surface area contributed by atoms with Crippen LogP contribution in [0.1, 0.15) is 64.5 Å². The van der Waals surface area contributed by atoms with Gasteiger partial charge in [0.25, 0.3) is 5.91 Å². The average Bonchev–Trinajstić information content (AvgIpc) is 3.19. The first kappa shape index (κ1) is 23.1. The van der Waals surface area contributed by atoms with Gasteiger partial charge in [0.05, 0.1) is 0 Å². The molecular formula is C24H32N4O5. The summed E-state index contributed by atoms with van der Waals surface area (Å²) in [6.07, 6.45) is 2.79. The molecule has 2 N–H and O–H groups in total. The molecule has 2 saturated heterocycles. The summed E-state index contributed by atoms with van der Waals surface area (Å²) in [5.41, 5.74) is -0.114. The molecule has 2 fully saturated rings. The minimum atomic E-state index is -1.41. The lowest BCUT2D eigenvalue weighted by molar-refractivity contribution is -0.152. The predicted octanol–water partition coefficient (Wildman–Crippen LogP) is 3.13. The van der Waals surface area contributed by atoms with Gasteiger partial charge in [0.2, 0.25) is 11.5 Å². The number of nitrogens with zero attached hydrogens (tertiary/aromatic N) is 2. The number of amides is 5. The zero-order chi connectivity index (χ0) is 24.2. The lowest BCUT2D eigenvalue weighted by Crippen LogP contribution is -2.63. The van der Waals surface area contributed by atoms with Crippen LogP contribution in [0.5, 0.6) is 0 Å². The zero-order valence-corrected chi connectivity index (χ0v) is 19.9. The second kappa shape index (κ2) is 7.74. The molecule has 0 aromatic heterocycles. The van der Waals surface area contributed by atoms with E-state index < -0.39 is 17.6 Å². The molecule has 1 spiro atoms. The van der Waals surface area contributed by atoms with Crippen molar-refractivity contribution in [1.82, 2.24) is 15.1 Å². The third-order valence-electron chi connectivity index (χ3n) is 7.17. The van der Waals surface area contributed by atoms with E-state index in [0.717, 1.165) is 29.7 Å². The first-order chi connectivity index (χ1) is 15.4. The molecule has 2 heterocycles. The van der Waals surface area contributed by atoms with Gasteiger partial charge in [0.15, 0.2) is 0 Å². The maximum absolute atomic E-state index is 13.5. The number of carbonyl (C=O) groups excluding carboxylic acids is 4. The molecule has 33 heavy (non-hydrogen) atoms. The molecule has 0 unspecified atom stereocenters. The number of likely N-dealkylation sites (tertiary alicyclic amines) is 1. The first-order valence-electron chi connectivity index (χ1n) is 11.4. The van der Waals surface area contributed by atoms with Gasteiger partial charge in [0.1, 0.15) is 6.54 Å². The van der Waals surface area contributed by atoms with Crippen molar-refractivity contribution >= 4 is 29.6 Å². The van der Waals surface area contributed by atoms with Gasteiger partial charge in [0, 0.05) is 35.8 Å². The van der Waals surface area contributed by atoms with Gasteiger partial charge in [-0.1, -0.05) is 6.07 Å². The number of urea groups is 1. The lowest BCUT2D eigenvalue weighted by atomic mass is 9.79. The van der Waals surface area contributed by atoms with E-state index in [1.54, 1.807) is 18.2 Å². The topological polar surface area (TPSA) is 108 Å². The number of piperidine rings is 1. The smallest absolute Gasteiger partial charge is 0.418 e. The van der Waals surface area contributed by atoms with Crippen molar-refractivity contribution in [2.75, 3.05) is 18.9 Å². The van der Waals surface area contributed by atoms with E-state index in [2.05, 4.69) is 10.6 Å². The molecule has 1 aromatic carbocycles. The summed E-state index contributed by atoms with van der Waals surface area (Å²) in [6, 6.07) is 4.82. The van der Waals surface area contributed by atoms with E-state index in [1.165, 1.54) is 7.05 Å². The van der Waals surface area contributed by atoms with Crippen LogP contribution in [0.2, 0.25) is 0 Å². The van der Waals surface area contributed by atoms with Crippen LogP contribution in [0.25, 0.3) is 0 Å². The number of hydrogen-bond donors (Lipinski definition) is 2. The Bertz CT molecular complexity index is 1020. The number of ether oxygens (including phenoxy) is 1. The quantitative estimate of drug-likeness (QED) is 0.727. The number of nitrogens with one attached hydrogen (secondary N) is 2. The molecule has 5 amide bonds. The maximum Gasteiger partial charge on any atom is 0.418 e. The molecule has 0 radical (unpaired) electrons. The summed E-state index contributed by atoms with van der Waals surface area (Å²) in [6.45, 7) is 7.76. The summed E-state index contributed by atoms with van der Waals surface area (Å²) in [5, 5.41) is 5.19. The van der Waals surface area contributed by atoms with E-state index in [4.69, 9.17) is 4.74 Å². The normalized spacial score (nSPS) is 25.1. The summed E-state index contributed by atoms with van der Waals surface area (Å²) < 4.78 is 5.66. The monoisotopic (exact) mass is 456 g/mol. The molecule has 4 rings (SSSR count). The number of fused-ring (bicyclic) bond motifs is 2. The largest absolute Gasteiger partial charge is 0.427 e. The third kappa shape index (κ3) is 3.73. The van der Waals surface area contributed by atoms with Gasteiger partial charge in [-0.3, -0.25) is 9.59 Å². The Hall–Kier alpha value is -3.10. The molecule has 1 atom stereocenters. The van der Waals surface area contributed by atoms with E-state index >= 15 is 0 Å². The van der Waals surface area contributed by atoms with Crippen LogP contribution >= 0.6 is 0 Å². The Kier molecular flexibility index (Phi) is 5.41. The molecule has 3 aliphatic rings. The van der Waals surface area contributed by atoms with Crippen molar-refractivity contribution < 1.29 is 23.9 Å². The highest BCUT2D eigenvalue weighted by molar-refractivity contribution is 6.06. The van der Waals surface area contributed by atoms with Gasteiger partial charge >= 0.3 is 12.1 Å². The van der Waals surface area contributed by atoms with Crippen molar-refractivity contribution in [2.45, 2.75) is 76.5 Å². The van der Waals surface area contributed by atoms with Gasteiger partial charge < -0.3 is 20.3 Å². The second-order valence-corrected chi connectivity index (χ2v) is 10.4. The van der Waals surface area contributed by atoms with Crippen molar-refractivity contribution in [2.24, 2.45) is 0 Å². The number of hydrogen-bond acceptors (Lipinski definition) is 5. The van der Waals surface area contributed by atoms with Gasteiger partial charge in [-0.25, -0.2) is 14.5 Å². The Morgan fingerprint density at radius 3 is 2.36 bits per heavy atom. The van der Waals surface area contributed by atoms with Crippen molar-refractivity contribution in [3.63, 3.8) is 0 Å². The average molecular weight is 457 g/mol. The van der Waals surface area contributed by atoms with Crippen molar-refractivity contribution in [3.05, 3.63) is 29.3 Å². The molecule has 0 saturated carbocycles. The predicted molar refractivity (Wildman–Crippen MR) is 122 cm³/mol. The Labute approximate surface area is 193 Å². The third-order valence-corrected chi connectivity index (χ3v) is 7.17. The van der Waals surface area contributed by atoms with Crippen molar-refractivity contribution in [1.29, 1.82) is 0 Å². The fraction of sp³-hybridized carbons (Fsp3) is 0.583. The second-order valence-electron chi connectivity index (χ2n) is 10.4. The van der Waals surface area contributed by atoms with Crippen LogP contribution in [0, 0.1) is 0 Å². The van der Waals surface area contributed by atoms with E-state index in [-0.39, 0.29) is 29.6 Å². The van der Waals surface area contributed by atoms with Crippen LogP contribution in [0.4, 0.5) is 15.3 Å². The highest BCUT2D eigenvalue weighted by Gasteiger charge is 2.59. The summed E-state index contributed by atoms with van der Waals surface area (Å²) >= 11 is 0. The Balaban J connectivity index is 1.57. The summed E-state index contributed by atoms with van der Waals surface area (Å²) in [7, 11) is 1.52. The molecule has 1 aromatic rings. The van der Waals surface area contributed by atoms with Gasteiger partial charge in [-0.05, 0) is 71.1 Å². The van der Waals surface area contributed by atoms with Gasteiger partial charge in [-0.15, -0.1) is 0 Å². The number of benzene rings is 1. The molecule has 178 valence electrons. The molecular weight excluding hydrogens is 424 g/mol. The standard InChI is InChI=1S/C24H32N4O5/c1-22(2)10-6-11-23(3,4)28(22)18(29)14-27-19(30)24(33-21(27)32)12-9-15-13-16(7-8-17(15)24)26-20(31)25-5/h7-8,13H,6,9-12,14H2,1-5H3,(H2,25,26,31)/t24-/m1/s1. The SMILES string of the molecule is CNC(=O)Nc1ccc2c(c1)CC[C@@]21OC(=O)N(CC(=O)N2C(C)(C)CCCC2(C)C)C1=O. The number of carbonyl (C=O) groups is 4. The zero-order valence-electron chi connectivity index (χ0n) is 19.9. The minimum Gasteiger partial charge on any atom is -0.427 e. The van der Waals surface area contributed by atoms with Crippen LogP contribution in [0.15, 0.2) is 18.2 Å². The molecule has 2 aliphatic heterocycles. The Morgan fingerprint density at radius 2 is 1.73 bits per heavy atom. The number of aryl methyl sites for hydroxylation is 1. The number of imide groups is 1. The number of rotatable bonds is 3. The Morgan fingerprint density at radius 1 is 1.06 bits per heavy atom. The summed E-state index contributed by atoms with van der Waals surface area (Å²) in [4.78, 5) is 54.0. The number of anilines is 1. The molecule has 9 nitrogen and oxygen atoms in total. The fourth-order valence-corrected chi connectivity index (χ4v) is 5.80. The lowest BCUT2D eigenvalue weighted by Gasteiger charge is -2.53. The van der Waals surface area contributed by atoms with Crippen LogP contribution < -0.4 is 10.6 Å². The summed E-state index contributed by atoms with van der Waals surface area (Å²) in [5.74, 6) is -0.755. The van der Waals surface area contributed by atoms with Gasteiger partial charge in [-0.2, -0.15) is 0 Å². The first-order valence-corrected chi connectivity index (χ1v) is 11.4. The van der Waals surface area contributed by atoms with Crippen molar-refractivity contribution in [3.8, 4) is 0 Å². The van der Waals surface area contributed by atoms with Crippen LogP contribution in [-0.4, -0.2) is 58.4 Å². The molecule has 1 aliphatic carbocycles. The highest BCUT2D eigenvalue weighted by Crippen LogP contribution is 2.46. The fourth-order valence-electron chi connectivity index (χ4n) is 5.80. The minimum absolute atomic E-state index is 0.254.